The van der Waals surface area contributed by atoms with E-state index in [2.05, 4.69) is 15.3 Å². The molecule has 0 bridgehead atoms. The van der Waals surface area contributed by atoms with Crippen LogP contribution in [0.3, 0.4) is 0 Å². The van der Waals surface area contributed by atoms with E-state index < -0.39 is 11.7 Å². The Hall–Kier alpha value is -2.15. The van der Waals surface area contributed by atoms with Crippen LogP contribution in [0.15, 0.2) is 42.7 Å². The number of fused-ring (bicyclic) bond motifs is 1. The van der Waals surface area contributed by atoms with Gasteiger partial charge >= 0.3 is 6.18 Å². The molecule has 0 fully saturated rings. The molecule has 0 aliphatic carbocycles. The first-order valence-electron chi connectivity index (χ1n) is 5.67. The molecule has 20 heavy (non-hydrogen) atoms. The number of hydrogen-bond acceptors (Lipinski definition) is 4. The van der Waals surface area contributed by atoms with Crippen molar-refractivity contribution in [2.45, 2.75) is 6.18 Å². The van der Waals surface area contributed by atoms with Crippen molar-refractivity contribution in [3.05, 3.63) is 48.3 Å². The summed E-state index contributed by atoms with van der Waals surface area (Å²) in [5.41, 5.74) is 0.377. The number of rotatable bonds is 2. The second-order valence-corrected chi connectivity index (χ2v) is 5.10. The molecule has 3 rings (SSSR count). The van der Waals surface area contributed by atoms with Gasteiger partial charge in [-0.2, -0.15) is 13.2 Å². The highest BCUT2D eigenvalue weighted by Crippen LogP contribution is 2.34. The standard InChI is InChI=1S/C13H8F3N3S/c14-13(15,16)8-3-4-11-10(6-8)19-12(20-11)18-9-2-1-5-17-7-9/h1-7H,(H,18,19). The summed E-state index contributed by atoms with van der Waals surface area (Å²) in [6.07, 6.45) is -1.10. The second-order valence-electron chi connectivity index (χ2n) is 4.07. The van der Waals surface area contributed by atoms with E-state index in [0.29, 0.717) is 15.3 Å². The van der Waals surface area contributed by atoms with E-state index in [0.717, 1.165) is 17.8 Å². The molecule has 102 valence electrons. The van der Waals surface area contributed by atoms with E-state index in [9.17, 15) is 13.2 Å². The molecular formula is C13H8F3N3S. The number of alkyl halides is 3. The van der Waals surface area contributed by atoms with Gasteiger partial charge in [0.2, 0.25) is 0 Å². The first-order valence-corrected chi connectivity index (χ1v) is 6.49. The van der Waals surface area contributed by atoms with E-state index in [4.69, 9.17) is 0 Å². The molecule has 0 saturated heterocycles. The molecule has 0 radical (unpaired) electrons. The SMILES string of the molecule is FC(F)(F)c1ccc2sc(Nc3cccnc3)nc2c1. The third-order valence-corrected chi connectivity index (χ3v) is 3.58. The maximum Gasteiger partial charge on any atom is 0.416 e. The lowest BCUT2D eigenvalue weighted by Gasteiger charge is -2.04. The Bertz CT molecular complexity index is 737. The van der Waals surface area contributed by atoms with Crippen molar-refractivity contribution in [3.63, 3.8) is 0 Å². The number of hydrogen-bond donors (Lipinski definition) is 1. The number of halogens is 3. The third kappa shape index (κ3) is 2.57. The number of nitrogens with zero attached hydrogens (tertiary/aromatic N) is 2. The summed E-state index contributed by atoms with van der Waals surface area (Å²) in [5, 5.41) is 3.55. The Kier molecular flexibility index (Phi) is 3.06. The van der Waals surface area contributed by atoms with Gasteiger partial charge in [0.15, 0.2) is 5.13 Å². The van der Waals surface area contributed by atoms with Crippen molar-refractivity contribution < 1.29 is 13.2 Å². The molecular weight excluding hydrogens is 287 g/mol. The van der Waals surface area contributed by atoms with Gasteiger partial charge in [-0.15, -0.1) is 0 Å². The van der Waals surface area contributed by atoms with Crippen LogP contribution in [-0.4, -0.2) is 9.97 Å². The summed E-state index contributed by atoms with van der Waals surface area (Å²) >= 11 is 1.29. The van der Waals surface area contributed by atoms with Crippen molar-refractivity contribution >= 4 is 32.4 Å². The van der Waals surface area contributed by atoms with E-state index in [1.807, 2.05) is 0 Å². The van der Waals surface area contributed by atoms with Gasteiger partial charge < -0.3 is 5.32 Å². The molecule has 0 aliphatic heterocycles. The van der Waals surface area contributed by atoms with Gasteiger partial charge in [-0.1, -0.05) is 11.3 Å². The fourth-order valence-electron chi connectivity index (χ4n) is 1.72. The number of benzene rings is 1. The minimum atomic E-state index is -4.35. The van der Waals surface area contributed by atoms with Crippen LogP contribution in [0.25, 0.3) is 10.2 Å². The van der Waals surface area contributed by atoms with Crippen LogP contribution in [-0.2, 0) is 6.18 Å². The molecule has 0 amide bonds. The second kappa shape index (κ2) is 4.75. The summed E-state index contributed by atoms with van der Waals surface area (Å²) in [6.45, 7) is 0. The number of nitrogens with one attached hydrogen (secondary N) is 1. The Morgan fingerprint density at radius 1 is 1.15 bits per heavy atom. The predicted octanol–water partition coefficient (Wildman–Crippen LogP) is 4.45. The van der Waals surface area contributed by atoms with Crippen LogP contribution in [0, 0.1) is 0 Å². The summed E-state index contributed by atoms with van der Waals surface area (Å²) in [7, 11) is 0. The van der Waals surface area contributed by atoms with Crippen LogP contribution in [0.4, 0.5) is 24.0 Å². The van der Waals surface area contributed by atoms with Crippen LogP contribution in [0.5, 0.6) is 0 Å². The lowest BCUT2D eigenvalue weighted by Crippen LogP contribution is -2.03. The molecule has 1 N–H and O–H groups in total. The minimum absolute atomic E-state index is 0.330. The lowest BCUT2D eigenvalue weighted by atomic mass is 10.2. The topological polar surface area (TPSA) is 37.8 Å². The Labute approximate surface area is 116 Å². The van der Waals surface area contributed by atoms with E-state index >= 15 is 0 Å². The summed E-state index contributed by atoms with van der Waals surface area (Å²) in [4.78, 5) is 8.11. The summed E-state index contributed by atoms with van der Waals surface area (Å²) in [5.74, 6) is 0. The Balaban J connectivity index is 1.95. The van der Waals surface area contributed by atoms with Gasteiger partial charge in [-0.05, 0) is 30.3 Å². The van der Waals surface area contributed by atoms with Gasteiger partial charge in [0.25, 0.3) is 0 Å². The average molecular weight is 295 g/mol. The number of aromatic nitrogens is 2. The monoisotopic (exact) mass is 295 g/mol. The molecule has 2 aromatic heterocycles. The van der Waals surface area contributed by atoms with Crippen LogP contribution in [0.1, 0.15) is 5.56 Å². The van der Waals surface area contributed by atoms with Gasteiger partial charge in [-0.25, -0.2) is 4.98 Å². The highest BCUT2D eigenvalue weighted by Gasteiger charge is 2.30. The van der Waals surface area contributed by atoms with Gasteiger partial charge in [0, 0.05) is 6.20 Å². The van der Waals surface area contributed by atoms with Crippen LogP contribution in [0.2, 0.25) is 0 Å². The lowest BCUT2D eigenvalue weighted by molar-refractivity contribution is -0.137. The normalized spacial score (nSPS) is 11.8. The Morgan fingerprint density at radius 3 is 2.70 bits per heavy atom. The van der Waals surface area contributed by atoms with E-state index in [1.54, 1.807) is 24.5 Å². The predicted molar refractivity (Wildman–Crippen MR) is 72.1 cm³/mol. The highest BCUT2D eigenvalue weighted by atomic mass is 32.1. The molecule has 3 nitrogen and oxygen atoms in total. The van der Waals surface area contributed by atoms with E-state index in [1.165, 1.54) is 17.4 Å². The minimum Gasteiger partial charge on any atom is -0.330 e. The van der Waals surface area contributed by atoms with E-state index in [-0.39, 0.29) is 0 Å². The number of pyridine rings is 1. The molecule has 0 spiro atoms. The van der Waals surface area contributed by atoms with Gasteiger partial charge in [-0.3, -0.25) is 4.98 Å². The smallest absolute Gasteiger partial charge is 0.330 e. The quantitative estimate of drug-likeness (QED) is 0.758. The van der Waals surface area contributed by atoms with Crippen LogP contribution >= 0.6 is 11.3 Å². The third-order valence-electron chi connectivity index (χ3n) is 2.63. The maximum atomic E-state index is 12.6. The van der Waals surface area contributed by atoms with Crippen molar-refractivity contribution in [3.8, 4) is 0 Å². The zero-order valence-electron chi connectivity index (χ0n) is 9.98. The zero-order chi connectivity index (χ0) is 14.2. The van der Waals surface area contributed by atoms with Crippen molar-refractivity contribution in [2.24, 2.45) is 0 Å². The summed E-state index contributed by atoms with van der Waals surface area (Å²) < 4.78 is 38.6. The zero-order valence-corrected chi connectivity index (χ0v) is 10.8. The Morgan fingerprint density at radius 2 is 2.00 bits per heavy atom. The van der Waals surface area contributed by atoms with Gasteiger partial charge in [0.05, 0.1) is 27.7 Å². The molecule has 2 heterocycles. The number of thiazole rings is 1. The fraction of sp³-hybridized carbons (Fsp3) is 0.0769. The molecule has 0 unspecified atom stereocenters. The first-order chi connectivity index (χ1) is 9.52. The summed E-state index contributed by atoms with van der Waals surface area (Å²) in [6, 6.07) is 7.12. The molecule has 0 atom stereocenters. The average Bonchev–Trinajstić information content (AvgIpc) is 2.80. The maximum absolute atomic E-state index is 12.6. The molecule has 3 aromatic rings. The van der Waals surface area contributed by atoms with Gasteiger partial charge in [0.1, 0.15) is 0 Å². The van der Waals surface area contributed by atoms with Crippen molar-refractivity contribution in [1.29, 1.82) is 0 Å². The fourth-order valence-corrected chi connectivity index (χ4v) is 2.58. The molecule has 0 aliphatic rings. The molecule has 7 heteroatoms. The highest BCUT2D eigenvalue weighted by molar-refractivity contribution is 7.22. The molecule has 1 aromatic carbocycles. The largest absolute Gasteiger partial charge is 0.416 e. The van der Waals surface area contributed by atoms with Crippen LogP contribution < -0.4 is 5.32 Å². The van der Waals surface area contributed by atoms with Crippen molar-refractivity contribution in [1.82, 2.24) is 9.97 Å². The van der Waals surface area contributed by atoms with Crippen molar-refractivity contribution in [2.75, 3.05) is 5.32 Å². The molecule has 0 saturated carbocycles. The first kappa shape index (κ1) is 12.9. The number of anilines is 2.